The van der Waals surface area contributed by atoms with Crippen molar-refractivity contribution in [1.82, 2.24) is 10.6 Å². The SMILES string of the molecule is CC(CNCC=C(c1ccccc1)c1ccccc1)c1ccccc1.C[C@@H](NC/C=C/c1cccc2ccccc12)c1ccccc1. The Labute approximate surface area is 281 Å². The lowest BCUT2D eigenvalue weighted by Crippen LogP contribution is -2.20. The van der Waals surface area contributed by atoms with Gasteiger partial charge < -0.3 is 10.6 Å². The van der Waals surface area contributed by atoms with Gasteiger partial charge in [-0.3, -0.25) is 0 Å². The first-order valence-electron chi connectivity index (χ1n) is 16.7. The molecule has 2 atom stereocenters. The Balaban J connectivity index is 0.000000186. The first kappa shape index (κ1) is 33.3. The van der Waals surface area contributed by atoms with Crippen LogP contribution in [0.5, 0.6) is 0 Å². The van der Waals surface area contributed by atoms with E-state index in [1.165, 1.54) is 44.2 Å². The number of hydrogen-bond donors (Lipinski definition) is 2. The lowest BCUT2D eigenvalue weighted by atomic mass is 9.97. The van der Waals surface area contributed by atoms with Crippen LogP contribution in [-0.4, -0.2) is 19.6 Å². The molecule has 47 heavy (non-hydrogen) atoms. The minimum absolute atomic E-state index is 0.360. The Kier molecular flexibility index (Phi) is 12.9. The molecule has 2 nitrogen and oxygen atoms in total. The number of fused-ring (bicyclic) bond motifs is 1. The quantitative estimate of drug-likeness (QED) is 0.134. The van der Waals surface area contributed by atoms with Gasteiger partial charge in [-0.25, -0.2) is 0 Å². The van der Waals surface area contributed by atoms with E-state index in [4.69, 9.17) is 0 Å². The van der Waals surface area contributed by atoms with Crippen LogP contribution in [0.2, 0.25) is 0 Å². The summed E-state index contributed by atoms with van der Waals surface area (Å²) < 4.78 is 0. The molecular formula is C45H46N2. The van der Waals surface area contributed by atoms with Gasteiger partial charge in [0.15, 0.2) is 0 Å². The van der Waals surface area contributed by atoms with Gasteiger partial charge in [-0.1, -0.05) is 189 Å². The van der Waals surface area contributed by atoms with Crippen molar-refractivity contribution in [2.75, 3.05) is 19.6 Å². The van der Waals surface area contributed by atoms with E-state index >= 15 is 0 Å². The molecule has 0 heterocycles. The van der Waals surface area contributed by atoms with Gasteiger partial charge in [-0.15, -0.1) is 0 Å². The Morgan fingerprint density at radius 1 is 0.553 bits per heavy atom. The van der Waals surface area contributed by atoms with Crippen LogP contribution in [0.3, 0.4) is 0 Å². The molecule has 1 unspecified atom stereocenters. The van der Waals surface area contributed by atoms with Gasteiger partial charge in [0.1, 0.15) is 0 Å². The molecule has 0 fully saturated rings. The zero-order valence-electron chi connectivity index (χ0n) is 27.6. The van der Waals surface area contributed by atoms with Crippen molar-refractivity contribution in [1.29, 1.82) is 0 Å². The molecule has 6 aromatic carbocycles. The first-order chi connectivity index (χ1) is 23.2. The second-order valence-corrected chi connectivity index (χ2v) is 11.8. The van der Waals surface area contributed by atoms with Crippen molar-refractivity contribution in [2.24, 2.45) is 0 Å². The maximum atomic E-state index is 3.58. The predicted molar refractivity (Wildman–Crippen MR) is 204 cm³/mol. The Morgan fingerprint density at radius 2 is 1.09 bits per heavy atom. The minimum Gasteiger partial charge on any atom is -0.313 e. The van der Waals surface area contributed by atoms with E-state index in [9.17, 15) is 0 Å². The number of benzene rings is 6. The van der Waals surface area contributed by atoms with E-state index in [-0.39, 0.29) is 0 Å². The van der Waals surface area contributed by atoms with E-state index in [0.717, 1.165) is 19.6 Å². The van der Waals surface area contributed by atoms with Crippen LogP contribution in [0.25, 0.3) is 22.4 Å². The fourth-order valence-electron chi connectivity index (χ4n) is 5.70. The van der Waals surface area contributed by atoms with Gasteiger partial charge in [0.25, 0.3) is 0 Å². The van der Waals surface area contributed by atoms with Gasteiger partial charge in [0.2, 0.25) is 0 Å². The molecular weight excluding hydrogens is 569 g/mol. The smallest absolute Gasteiger partial charge is 0.0294 e. The Hall–Kier alpha value is -5.02. The molecule has 0 aliphatic carbocycles. The van der Waals surface area contributed by atoms with Gasteiger partial charge in [-0.05, 0) is 57.0 Å². The highest BCUT2D eigenvalue weighted by Gasteiger charge is 2.06. The van der Waals surface area contributed by atoms with Gasteiger partial charge in [-0.2, -0.15) is 0 Å². The summed E-state index contributed by atoms with van der Waals surface area (Å²) in [6.07, 6.45) is 6.69. The van der Waals surface area contributed by atoms with Crippen LogP contribution in [0.4, 0.5) is 0 Å². The third kappa shape index (κ3) is 10.2. The molecule has 0 amide bonds. The zero-order valence-corrected chi connectivity index (χ0v) is 27.6. The maximum absolute atomic E-state index is 3.58. The summed E-state index contributed by atoms with van der Waals surface area (Å²) in [6.45, 7) is 7.15. The summed E-state index contributed by atoms with van der Waals surface area (Å²) in [4.78, 5) is 0. The first-order valence-corrected chi connectivity index (χ1v) is 16.7. The summed E-state index contributed by atoms with van der Waals surface area (Å²) in [5.74, 6) is 0.506. The zero-order chi connectivity index (χ0) is 32.5. The van der Waals surface area contributed by atoms with Crippen molar-refractivity contribution in [3.8, 4) is 0 Å². The van der Waals surface area contributed by atoms with Crippen molar-refractivity contribution >= 4 is 22.4 Å². The number of rotatable bonds is 12. The second kappa shape index (κ2) is 18.2. The molecule has 236 valence electrons. The predicted octanol–water partition coefficient (Wildman–Crippen LogP) is 10.7. The molecule has 0 saturated carbocycles. The molecule has 2 N–H and O–H groups in total. The van der Waals surface area contributed by atoms with E-state index in [1.54, 1.807) is 0 Å². The van der Waals surface area contributed by atoms with Crippen LogP contribution < -0.4 is 10.6 Å². The topological polar surface area (TPSA) is 24.1 Å². The summed E-state index contributed by atoms with van der Waals surface area (Å²) in [5.41, 5.74) is 7.76. The number of hydrogen-bond acceptors (Lipinski definition) is 2. The van der Waals surface area contributed by atoms with E-state index in [2.05, 4.69) is 207 Å². The molecule has 6 rings (SSSR count). The molecule has 0 radical (unpaired) electrons. The molecule has 0 aromatic heterocycles. The van der Waals surface area contributed by atoms with Crippen LogP contribution in [-0.2, 0) is 0 Å². The molecule has 0 bridgehead atoms. The van der Waals surface area contributed by atoms with E-state index in [1.807, 2.05) is 0 Å². The van der Waals surface area contributed by atoms with E-state index < -0.39 is 0 Å². The molecule has 2 heteroatoms. The lowest BCUT2D eigenvalue weighted by Gasteiger charge is -2.13. The highest BCUT2D eigenvalue weighted by molar-refractivity contribution is 5.90. The molecule has 6 aromatic rings. The third-order valence-electron chi connectivity index (χ3n) is 8.40. The summed E-state index contributed by atoms with van der Waals surface area (Å²) in [5, 5.41) is 9.70. The average Bonchev–Trinajstić information content (AvgIpc) is 3.15. The monoisotopic (exact) mass is 614 g/mol. The Morgan fingerprint density at radius 3 is 1.72 bits per heavy atom. The largest absolute Gasteiger partial charge is 0.313 e. The van der Waals surface area contributed by atoms with Crippen molar-refractivity contribution in [2.45, 2.75) is 25.8 Å². The molecule has 0 aliphatic rings. The molecule has 0 aliphatic heterocycles. The highest BCUT2D eigenvalue weighted by atomic mass is 14.9. The average molecular weight is 615 g/mol. The normalized spacial score (nSPS) is 12.2. The Bertz CT molecular complexity index is 1760. The molecule has 0 spiro atoms. The summed E-state index contributed by atoms with van der Waals surface area (Å²) >= 11 is 0. The second-order valence-electron chi connectivity index (χ2n) is 11.8. The summed E-state index contributed by atoms with van der Waals surface area (Å²) in [6, 6.07) is 57.7. The number of nitrogens with one attached hydrogen (secondary N) is 2. The standard InChI is InChI=1S/C24H25N.C21H21N/c1-20(21-11-5-2-6-12-21)19-25-18-17-24(22-13-7-3-8-14-22)23-15-9-4-10-16-23;1-17(18-9-3-2-4-10-18)22-16-8-14-20-13-7-12-19-11-5-6-15-21(19)20/h2-17,20,25H,18-19H2,1H3;2-15,17,22H,16H2,1H3/b;14-8+/t;17-/m.1/s1. The highest BCUT2D eigenvalue weighted by Crippen LogP contribution is 2.23. The summed E-state index contributed by atoms with van der Waals surface area (Å²) in [7, 11) is 0. The molecule has 0 saturated heterocycles. The fourth-order valence-corrected chi connectivity index (χ4v) is 5.70. The van der Waals surface area contributed by atoms with E-state index in [0.29, 0.717) is 12.0 Å². The van der Waals surface area contributed by atoms with Gasteiger partial charge in [0.05, 0.1) is 0 Å². The van der Waals surface area contributed by atoms with Crippen LogP contribution >= 0.6 is 0 Å². The van der Waals surface area contributed by atoms with Crippen molar-refractivity contribution < 1.29 is 0 Å². The van der Waals surface area contributed by atoms with Crippen LogP contribution in [0.1, 0.15) is 53.6 Å². The van der Waals surface area contributed by atoms with Crippen LogP contribution in [0.15, 0.2) is 176 Å². The third-order valence-corrected chi connectivity index (χ3v) is 8.40. The fraction of sp³-hybridized carbons (Fsp3) is 0.156. The maximum Gasteiger partial charge on any atom is 0.0294 e. The van der Waals surface area contributed by atoms with Gasteiger partial charge in [0, 0.05) is 25.7 Å². The van der Waals surface area contributed by atoms with Crippen molar-refractivity contribution in [3.63, 3.8) is 0 Å². The lowest BCUT2D eigenvalue weighted by molar-refractivity contribution is 0.618. The van der Waals surface area contributed by atoms with Crippen molar-refractivity contribution in [3.05, 3.63) is 204 Å². The minimum atomic E-state index is 0.360. The van der Waals surface area contributed by atoms with Gasteiger partial charge >= 0.3 is 0 Å². The van der Waals surface area contributed by atoms with Crippen LogP contribution in [0, 0.1) is 0 Å².